The number of anilines is 1. The molecule has 0 amide bonds. The SMILES string of the molecule is CCOC(=O)c1cccnc1N1CC2CCC(O)C2C1. The fraction of sp³-hybridized carbons (Fsp3) is 0.600. The first-order valence-electron chi connectivity index (χ1n) is 7.26. The van der Waals surface area contributed by atoms with Crippen LogP contribution in [0.2, 0.25) is 0 Å². The van der Waals surface area contributed by atoms with Gasteiger partial charge >= 0.3 is 5.97 Å². The van der Waals surface area contributed by atoms with Gasteiger partial charge in [0.25, 0.3) is 0 Å². The maximum atomic E-state index is 12.0. The molecule has 3 rings (SSSR count). The van der Waals surface area contributed by atoms with Gasteiger partial charge in [-0.15, -0.1) is 0 Å². The van der Waals surface area contributed by atoms with E-state index in [1.807, 2.05) is 0 Å². The second-order valence-electron chi connectivity index (χ2n) is 5.57. The average Bonchev–Trinajstić information content (AvgIpc) is 3.02. The van der Waals surface area contributed by atoms with Gasteiger partial charge in [0.15, 0.2) is 0 Å². The van der Waals surface area contributed by atoms with Gasteiger partial charge in [0, 0.05) is 25.2 Å². The van der Waals surface area contributed by atoms with E-state index in [0.717, 1.165) is 25.9 Å². The number of aliphatic hydroxyl groups is 1. The normalized spacial score (nSPS) is 28.5. The Balaban J connectivity index is 1.83. The summed E-state index contributed by atoms with van der Waals surface area (Å²) < 4.78 is 5.09. The number of nitrogens with zero attached hydrogens (tertiary/aromatic N) is 2. The van der Waals surface area contributed by atoms with Crippen LogP contribution < -0.4 is 4.90 Å². The van der Waals surface area contributed by atoms with Crippen LogP contribution in [-0.2, 0) is 4.74 Å². The molecule has 3 unspecified atom stereocenters. The molecule has 1 saturated carbocycles. The Hall–Kier alpha value is -1.62. The van der Waals surface area contributed by atoms with Gasteiger partial charge in [-0.3, -0.25) is 0 Å². The highest BCUT2D eigenvalue weighted by Crippen LogP contribution is 2.40. The lowest BCUT2D eigenvalue weighted by atomic mass is 10.00. The predicted octanol–water partition coefficient (Wildman–Crippen LogP) is 1.47. The van der Waals surface area contributed by atoms with Crippen LogP contribution in [0.4, 0.5) is 5.82 Å². The summed E-state index contributed by atoms with van der Waals surface area (Å²) in [5, 5.41) is 9.99. The lowest BCUT2D eigenvalue weighted by Crippen LogP contribution is -2.27. The Morgan fingerprint density at radius 3 is 3.10 bits per heavy atom. The van der Waals surface area contributed by atoms with E-state index < -0.39 is 0 Å². The van der Waals surface area contributed by atoms with Crippen LogP contribution >= 0.6 is 0 Å². The van der Waals surface area contributed by atoms with Crippen molar-refractivity contribution in [3.8, 4) is 0 Å². The predicted molar refractivity (Wildman–Crippen MR) is 74.6 cm³/mol. The summed E-state index contributed by atoms with van der Waals surface area (Å²) in [5.41, 5.74) is 0.517. The second kappa shape index (κ2) is 5.40. The molecular formula is C15H20N2O3. The zero-order valence-corrected chi connectivity index (χ0v) is 11.7. The molecule has 5 heteroatoms. The highest BCUT2D eigenvalue weighted by atomic mass is 16.5. The molecule has 0 aromatic carbocycles. The summed E-state index contributed by atoms with van der Waals surface area (Å²) in [7, 11) is 0. The number of aromatic nitrogens is 1. The summed E-state index contributed by atoms with van der Waals surface area (Å²) in [4.78, 5) is 18.5. The van der Waals surface area contributed by atoms with Crippen molar-refractivity contribution in [3.05, 3.63) is 23.9 Å². The number of hydrogen-bond donors (Lipinski definition) is 1. The molecule has 1 N–H and O–H groups in total. The van der Waals surface area contributed by atoms with Crippen molar-refractivity contribution in [2.45, 2.75) is 25.9 Å². The van der Waals surface area contributed by atoms with Gasteiger partial charge in [-0.1, -0.05) is 0 Å². The van der Waals surface area contributed by atoms with E-state index in [1.165, 1.54) is 0 Å². The summed E-state index contributed by atoms with van der Waals surface area (Å²) in [5.74, 6) is 1.19. The number of rotatable bonds is 3. The molecule has 5 nitrogen and oxygen atoms in total. The molecule has 0 bridgehead atoms. The maximum absolute atomic E-state index is 12.0. The Bertz CT molecular complexity index is 506. The van der Waals surface area contributed by atoms with E-state index in [2.05, 4.69) is 9.88 Å². The largest absolute Gasteiger partial charge is 0.462 e. The maximum Gasteiger partial charge on any atom is 0.341 e. The van der Waals surface area contributed by atoms with Crippen LogP contribution in [0.3, 0.4) is 0 Å². The first-order valence-corrected chi connectivity index (χ1v) is 7.26. The van der Waals surface area contributed by atoms with Crippen molar-refractivity contribution in [2.75, 3.05) is 24.6 Å². The minimum Gasteiger partial charge on any atom is -0.462 e. The molecule has 0 radical (unpaired) electrons. The summed E-state index contributed by atoms with van der Waals surface area (Å²) in [6, 6.07) is 3.51. The number of esters is 1. The zero-order chi connectivity index (χ0) is 14.1. The van der Waals surface area contributed by atoms with Crippen LogP contribution in [0.25, 0.3) is 0 Å². The van der Waals surface area contributed by atoms with Crippen molar-refractivity contribution in [1.29, 1.82) is 0 Å². The smallest absolute Gasteiger partial charge is 0.341 e. The standard InChI is InChI=1S/C15H20N2O3/c1-2-20-15(19)11-4-3-7-16-14(11)17-8-10-5-6-13(18)12(10)9-17/h3-4,7,10,12-13,18H,2,5-6,8-9H2,1H3. The van der Waals surface area contributed by atoms with Gasteiger partial charge in [0.05, 0.1) is 12.7 Å². The molecular weight excluding hydrogens is 256 g/mol. The van der Waals surface area contributed by atoms with Gasteiger partial charge in [-0.2, -0.15) is 0 Å². The minimum atomic E-state index is -0.326. The van der Waals surface area contributed by atoms with Gasteiger partial charge in [0.1, 0.15) is 11.4 Å². The van der Waals surface area contributed by atoms with Crippen LogP contribution in [0, 0.1) is 11.8 Å². The molecule has 2 aliphatic rings. The molecule has 1 aliphatic carbocycles. The molecule has 108 valence electrons. The fourth-order valence-electron chi connectivity index (χ4n) is 3.43. The number of pyridine rings is 1. The minimum absolute atomic E-state index is 0.209. The number of ether oxygens (including phenoxy) is 1. The van der Waals surface area contributed by atoms with Gasteiger partial charge in [-0.25, -0.2) is 9.78 Å². The number of aliphatic hydroxyl groups excluding tert-OH is 1. The third-order valence-electron chi connectivity index (χ3n) is 4.40. The highest BCUT2D eigenvalue weighted by Gasteiger charge is 2.42. The summed E-state index contributed by atoms with van der Waals surface area (Å²) >= 11 is 0. The fourth-order valence-corrected chi connectivity index (χ4v) is 3.43. The molecule has 1 aliphatic heterocycles. The lowest BCUT2D eigenvalue weighted by Gasteiger charge is -2.21. The van der Waals surface area contributed by atoms with E-state index in [9.17, 15) is 9.90 Å². The van der Waals surface area contributed by atoms with Crippen molar-refractivity contribution >= 4 is 11.8 Å². The Morgan fingerprint density at radius 2 is 2.35 bits per heavy atom. The van der Waals surface area contributed by atoms with Crippen LogP contribution in [0.15, 0.2) is 18.3 Å². The first kappa shape index (κ1) is 13.4. The average molecular weight is 276 g/mol. The highest BCUT2D eigenvalue weighted by molar-refractivity contribution is 5.94. The third kappa shape index (κ3) is 2.26. The molecule has 1 saturated heterocycles. The zero-order valence-electron chi connectivity index (χ0n) is 11.7. The monoisotopic (exact) mass is 276 g/mol. The number of fused-ring (bicyclic) bond motifs is 1. The second-order valence-corrected chi connectivity index (χ2v) is 5.57. The van der Waals surface area contributed by atoms with Gasteiger partial charge in [0.2, 0.25) is 0 Å². The Kier molecular flexibility index (Phi) is 3.61. The third-order valence-corrected chi connectivity index (χ3v) is 4.40. The first-order chi connectivity index (χ1) is 9.70. The van der Waals surface area contributed by atoms with E-state index in [4.69, 9.17) is 4.74 Å². The van der Waals surface area contributed by atoms with Crippen LogP contribution in [-0.4, -0.2) is 41.9 Å². The quantitative estimate of drug-likeness (QED) is 0.847. The molecule has 2 heterocycles. The Morgan fingerprint density at radius 1 is 1.50 bits per heavy atom. The van der Waals surface area contributed by atoms with Crippen LogP contribution in [0.5, 0.6) is 0 Å². The molecule has 1 aromatic rings. The summed E-state index contributed by atoms with van der Waals surface area (Å²) in [6.07, 6.45) is 3.45. The van der Waals surface area contributed by atoms with Crippen molar-refractivity contribution in [3.63, 3.8) is 0 Å². The number of hydrogen-bond acceptors (Lipinski definition) is 5. The van der Waals surface area contributed by atoms with Gasteiger partial charge in [-0.05, 0) is 37.8 Å². The molecule has 1 aromatic heterocycles. The van der Waals surface area contributed by atoms with E-state index in [-0.39, 0.29) is 12.1 Å². The summed E-state index contributed by atoms with van der Waals surface area (Å²) in [6.45, 7) is 3.79. The lowest BCUT2D eigenvalue weighted by molar-refractivity contribution is 0.0526. The molecule has 20 heavy (non-hydrogen) atoms. The van der Waals surface area contributed by atoms with Crippen molar-refractivity contribution in [2.24, 2.45) is 11.8 Å². The Labute approximate surface area is 118 Å². The van der Waals surface area contributed by atoms with Crippen molar-refractivity contribution < 1.29 is 14.6 Å². The topological polar surface area (TPSA) is 62.7 Å². The van der Waals surface area contributed by atoms with E-state index in [0.29, 0.717) is 29.8 Å². The number of carbonyl (C=O) groups excluding carboxylic acids is 1. The van der Waals surface area contributed by atoms with Crippen molar-refractivity contribution in [1.82, 2.24) is 4.98 Å². The van der Waals surface area contributed by atoms with Crippen LogP contribution in [0.1, 0.15) is 30.1 Å². The molecule has 0 spiro atoms. The number of carbonyl (C=O) groups is 1. The molecule has 3 atom stereocenters. The molecule has 2 fully saturated rings. The van der Waals surface area contributed by atoms with E-state index in [1.54, 1.807) is 25.3 Å². The van der Waals surface area contributed by atoms with E-state index >= 15 is 0 Å². The van der Waals surface area contributed by atoms with Gasteiger partial charge < -0.3 is 14.7 Å².